The van der Waals surface area contributed by atoms with Gasteiger partial charge in [-0.05, 0) is 50.1 Å². The fraction of sp³-hybridized carbons (Fsp3) is 0.235. The number of nitro benzene ring substituents is 1. The van der Waals surface area contributed by atoms with Gasteiger partial charge in [-0.25, -0.2) is 4.39 Å². The van der Waals surface area contributed by atoms with Crippen LogP contribution >= 0.6 is 31.9 Å². The van der Waals surface area contributed by atoms with Crippen LogP contribution in [0, 0.1) is 10.1 Å². The number of nitrogens with zero attached hydrogens (tertiary/aromatic N) is 1. The van der Waals surface area contributed by atoms with Crippen molar-refractivity contribution in [2.75, 3.05) is 5.32 Å². The number of amides is 1. The predicted octanol–water partition coefficient (Wildman–Crippen LogP) is 7.30. The van der Waals surface area contributed by atoms with Crippen molar-refractivity contribution in [1.82, 2.24) is 0 Å². The number of alkyl halides is 9. The van der Waals surface area contributed by atoms with Gasteiger partial charge in [0.2, 0.25) is 0 Å². The highest BCUT2D eigenvalue weighted by atomic mass is 79.9. The second kappa shape index (κ2) is 8.77. The maximum Gasteiger partial charge on any atom is 0.457 e. The van der Waals surface area contributed by atoms with E-state index in [9.17, 15) is 54.4 Å². The lowest BCUT2D eigenvalue weighted by Crippen LogP contribution is -2.59. The Morgan fingerprint density at radius 3 is 1.82 bits per heavy atom. The van der Waals surface area contributed by atoms with E-state index in [1.54, 1.807) is 0 Å². The molecule has 0 saturated heterocycles. The van der Waals surface area contributed by atoms with E-state index >= 15 is 0 Å². The molecule has 180 valence electrons. The quantitative estimate of drug-likeness (QED) is 0.217. The van der Waals surface area contributed by atoms with Gasteiger partial charge in [0.05, 0.1) is 10.6 Å². The largest absolute Gasteiger partial charge is 0.457 e. The van der Waals surface area contributed by atoms with Crippen LogP contribution in [-0.4, -0.2) is 29.1 Å². The first kappa shape index (κ1) is 26.9. The second-order valence-electron chi connectivity index (χ2n) is 6.30. The van der Waals surface area contributed by atoms with Crippen molar-refractivity contribution in [3.63, 3.8) is 0 Å². The van der Waals surface area contributed by atoms with Crippen LogP contribution in [0.5, 0.6) is 0 Å². The van der Waals surface area contributed by atoms with Gasteiger partial charge in [-0.3, -0.25) is 14.9 Å². The summed E-state index contributed by atoms with van der Waals surface area (Å²) in [4.78, 5) is 22.3. The Morgan fingerprint density at radius 1 is 0.879 bits per heavy atom. The summed E-state index contributed by atoms with van der Waals surface area (Å²) in [5, 5.41) is 12.9. The summed E-state index contributed by atoms with van der Waals surface area (Å²) < 4.78 is 118. The number of carbonyl (C=O) groups is 1. The van der Waals surface area contributed by atoms with Gasteiger partial charge in [-0.15, -0.1) is 0 Å². The molecule has 2 aromatic rings. The number of benzene rings is 2. The van der Waals surface area contributed by atoms with Crippen LogP contribution in [0.1, 0.15) is 15.9 Å². The Labute approximate surface area is 194 Å². The van der Waals surface area contributed by atoms with Crippen LogP contribution in [0.25, 0.3) is 0 Å². The minimum atomic E-state index is -6.90. The highest BCUT2D eigenvalue weighted by molar-refractivity contribution is 9.11. The minimum Gasteiger partial charge on any atom is -0.320 e. The lowest BCUT2D eigenvalue weighted by atomic mass is 9.87. The molecule has 0 spiro atoms. The first-order valence-corrected chi connectivity index (χ1v) is 9.68. The molecule has 16 heteroatoms. The van der Waals surface area contributed by atoms with E-state index in [-0.39, 0.29) is 17.7 Å². The van der Waals surface area contributed by atoms with Crippen molar-refractivity contribution in [2.24, 2.45) is 0 Å². The molecule has 0 aromatic heterocycles. The van der Waals surface area contributed by atoms with Crippen LogP contribution in [0.15, 0.2) is 45.3 Å². The topological polar surface area (TPSA) is 72.2 Å². The molecule has 0 bridgehead atoms. The Hall–Kier alpha value is -2.36. The molecule has 5 nitrogen and oxygen atoms in total. The van der Waals surface area contributed by atoms with E-state index < -0.39 is 60.7 Å². The Morgan fingerprint density at radius 2 is 1.39 bits per heavy atom. The van der Waals surface area contributed by atoms with E-state index in [0.717, 1.165) is 24.3 Å². The molecule has 0 fully saturated rings. The Kier molecular flexibility index (Phi) is 7.15. The molecule has 1 atom stereocenters. The van der Waals surface area contributed by atoms with Crippen molar-refractivity contribution in [2.45, 2.75) is 23.9 Å². The highest BCUT2D eigenvalue weighted by Crippen LogP contribution is 2.59. The lowest BCUT2D eigenvalue weighted by molar-refractivity contribution is -0.389. The number of hydrogen-bond donors (Lipinski definition) is 1. The number of carbonyl (C=O) groups excluding carboxylic acids is 1. The Balaban J connectivity index is 2.56. The van der Waals surface area contributed by atoms with E-state index in [0.29, 0.717) is 0 Å². The first-order valence-electron chi connectivity index (χ1n) is 8.10. The summed E-state index contributed by atoms with van der Waals surface area (Å²) in [7, 11) is 0. The van der Waals surface area contributed by atoms with Crippen LogP contribution in [0.4, 0.5) is 50.9 Å². The third-order valence-corrected chi connectivity index (χ3v) is 5.43. The number of nitrogens with one attached hydrogen (secondary N) is 1. The monoisotopic (exact) mass is 616 g/mol. The zero-order chi connectivity index (χ0) is 25.6. The van der Waals surface area contributed by atoms with Crippen molar-refractivity contribution in [3.8, 4) is 0 Å². The van der Waals surface area contributed by atoms with Crippen LogP contribution in [0.3, 0.4) is 0 Å². The Bertz CT molecular complexity index is 1080. The maximum atomic E-state index is 14.7. The summed E-state index contributed by atoms with van der Waals surface area (Å²) in [6, 6.07) is 4.16. The minimum absolute atomic E-state index is 0.000949. The number of non-ortho nitro benzene ring substituents is 1. The molecule has 1 N–H and O–H groups in total. The molecule has 0 aliphatic heterocycles. The number of halogens is 11. The molecule has 0 heterocycles. The van der Waals surface area contributed by atoms with Gasteiger partial charge in [0.1, 0.15) is 0 Å². The summed E-state index contributed by atoms with van der Waals surface area (Å²) in [6.07, 6.45) is -13.6. The number of rotatable bonds is 5. The van der Waals surface area contributed by atoms with Gasteiger partial charge < -0.3 is 5.32 Å². The van der Waals surface area contributed by atoms with Crippen molar-refractivity contribution in [3.05, 3.63) is 66.6 Å². The SMILES string of the molecule is O=C(Nc1c(Br)cc(C(F)(C(F)(F)F)C(F)(F)C(F)(F)F)cc1Br)c1cccc([N+](=O)[O-])c1. The van der Waals surface area contributed by atoms with E-state index in [4.69, 9.17) is 0 Å². The molecule has 2 rings (SSSR count). The molecule has 33 heavy (non-hydrogen) atoms. The summed E-state index contributed by atoms with van der Waals surface area (Å²) in [5.74, 6) is -7.93. The fourth-order valence-electron chi connectivity index (χ4n) is 2.56. The predicted molar refractivity (Wildman–Crippen MR) is 103 cm³/mol. The third kappa shape index (κ3) is 4.81. The van der Waals surface area contributed by atoms with Gasteiger partial charge in [-0.1, -0.05) is 6.07 Å². The molecule has 1 amide bonds. The van der Waals surface area contributed by atoms with Crippen LogP contribution in [0.2, 0.25) is 0 Å². The van der Waals surface area contributed by atoms with Gasteiger partial charge in [0.15, 0.2) is 0 Å². The van der Waals surface area contributed by atoms with Crippen molar-refractivity contribution >= 4 is 49.1 Å². The molecule has 0 saturated carbocycles. The fourth-order valence-corrected chi connectivity index (χ4v) is 3.94. The third-order valence-electron chi connectivity index (χ3n) is 4.18. The van der Waals surface area contributed by atoms with Gasteiger partial charge in [-0.2, -0.15) is 35.1 Å². The van der Waals surface area contributed by atoms with Crippen molar-refractivity contribution < 1.29 is 49.2 Å². The molecule has 0 radical (unpaired) electrons. The zero-order valence-electron chi connectivity index (χ0n) is 15.3. The van der Waals surface area contributed by atoms with Gasteiger partial charge in [0, 0.05) is 32.2 Å². The summed E-state index contributed by atoms with van der Waals surface area (Å²) in [6.45, 7) is 0. The van der Waals surface area contributed by atoms with Crippen molar-refractivity contribution in [1.29, 1.82) is 0 Å². The lowest BCUT2D eigenvalue weighted by Gasteiger charge is -2.36. The van der Waals surface area contributed by atoms with Gasteiger partial charge >= 0.3 is 23.9 Å². The smallest absolute Gasteiger partial charge is 0.320 e. The van der Waals surface area contributed by atoms with E-state index in [1.807, 2.05) is 0 Å². The number of nitro groups is 1. The standard InChI is InChI=1S/C17H7Br2F9N2O3/c18-10-5-8(14(20,16(23,24)25)15(21,22)17(26,27)28)6-11(19)12(10)29-13(31)7-2-1-3-9(4-7)30(32)33/h1-6H,(H,29,31). The molecule has 0 aliphatic carbocycles. The average Bonchev–Trinajstić information content (AvgIpc) is 2.67. The van der Waals surface area contributed by atoms with E-state index in [2.05, 4.69) is 37.2 Å². The summed E-state index contributed by atoms with van der Waals surface area (Å²) >= 11 is 5.20. The number of hydrogen-bond acceptors (Lipinski definition) is 3. The second-order valence-corrected chi connectivity index (χ2v) is 8.01. The number of anilines is 1. The molecule has 1 unspecified atom stereocenters. The van der Waals surface area contributed by atoms with Crippen LogP contribution < -0.4 is 5.32 Å². The van der Waals surface area contributed by atoms with Gasteiger partial charge in [0.25, 0.3) is 11.6 Å². The maximum absolute atomic E-state index is 14.7. The normalized spacial score (nSPS) is 14.5. The molecule has 0 aliphatic rings. The zero-order valence-corrected chi connectivity index (χ0v) is 18.5. The molecular weight excluding hydrogens is 611 g/mol. The summed E-state index contributed by atoms with van der Waals surface area (Å²) in [5.41, 5.74) is -9.55. The highest BCUT2D eigenvalue weighted by Gasteiger charge is 2.81. The first-order chi connectivity index (χ1) is 14.8. The average molecular weight is 618 g/mol. The van der Waals surface area contributed by atoms with E-state index in [1.165, 1.54) is 0 Å². The molecule has 2 aromatic carbocycles. The molecular formula is C17H7Br2F9N2O3. The van der Waals surface area contributed by atoms with Crippen LogP contribution in [-0.2, 0) is 5.67 Å².